The average Bonchev–Trinajstić information content (AvgIpc) is 2.76. The molecular formula is C17H29ClN2O. The van der Waals surface area contributed by atoms with E-state index in [0.29, 0.717) is 12.3 Å². The van der Waals surface area contributed by atoms with Gasteiger partial charge in [0.25, 0.3) is 0 Å². The molecule has 1 aromatic heterocycles. The van der Waals surface area contributed by atoms with Gasteiger partial charge in [-0.2, -0.15) is 5.10 Å². The highest BCUT2D eigenvalue weighted by molar-refractivity contribution is 6.31. The van der Waals surface area contributed by atoms with Crippen LogP contribution >= 0.6 is 11.6 Å². The van der Waals surface area contributed by atoms with Gasteiger partial charge in [0.15, 0.2) is 0 Å². The number of aliphatic hydroxyl groups excluding tert-OH is 1. The van der Waals surface area contributed by atoms with Gasteiger partial charge in [-0.25, -0.2) is 0 Å². The Bertz CT molecular complexity index is 450. The van der Waals surface area contributed by atoms with Crippen LogP contribution in [0.1, 0.15) is 63.8 Å². The number of hydrogen-bond acceptors (Lipinski definition) is 2. The first-order chi connectivity index (χ1) is 10.1. The van der Waals surface area contributed by atoms with Crippen molar-refractivity contribution in [1.29, 1.82) is 0 Å². The summed E-state index contributed by atoms with van der Waals surface area (Å²) in [5.74, 6) is 1.31. The number of aromatic nitrogens is 2. The molecule has 0 aromatic carbocycles. The van der Waals surface area contributed by atoms with E-state index < -0.39 is 0 Å². The third-order valence-corrected chi connectivity index (χ3v) is 5.48. The highest BCUT2D eigenvalue weighted by Crippen LogP contribution is 2.34. The van der Waals surface area contributed by atoms with Crippen molar-refractivity contribution in [3.05, 3.63) is 16.4 Å². The fraction of sp³-hybridized carbons (Fsp3) is 0.824. The molecule has 120 valence electrons. The van der Waals surface area contributed by atoms with Crippen molar-refractivity contribution in [1.82, 2.24) is 9.78 Å². The second kappa shape index (κ2) is 7.64. The Hall–Kier alpha value is -0.540. The van der Waals surface area contributed by atoms with E-state index in [1.165, 1.54) is 25.7 Å². The Morgan fingerprint density at radius 1 is 1.29 bits per heavy atom. The van der Waals surface area contributed by atoms with E-state index in [2.05, 4.69) is 18.9 Å². The Balaban J connectivity index is 1.95. The zero-order valence-electron chi connectivity index (χ0n) is 13.6. The van der Waals surface area contributed by atoms with Crippen LogP contribution in [0.15, 0.2) is 0 Å². The third kappa shape index (κ3) is 4.01. The first kappa shape index (κ1) is 16.8. The van der Waals surface area contributed by atoms with E-state index in [-0.39, 0.29) is 6.10 Å². The summed E-state index contributed by atoms with van der Waals surface area (Å²) in [5.41, 5.74) is 1.87. The topological polar surface area (TPSA) is 38.1 Å². The molecule has 21 heavy (non-hydrogen) atoms. The molecule has 0 spiro atoms. The maximum atomic E-state index is 10.6. The van der Waals surface area contributed by atoms with E-state index in [9.17, 15) is 5.11 Å². The summed E-state index contributed by atoms with van der Waals surface area (Å²) >= 11 is 6.35. The first-order valence-electron chi connectivity index (χ1n) is 8.46. The maximum absolute atomic E-state index is 10.6. The van der Waals surface area contributed by atoms with Crippen molar-refractivity contribution in [2.24, 2.45) is 11.8 Å². The number of nitrogens with zero attached hydrogens (tertiary/aromatic N) is 2. The van der Waals surface area contributed by atoms with Crippen molar-refractivity contribution in [3.63, 3.8) is 0 Å². The smallest absolute Gasteiger partial charge is 0.0848 e. The minimum absolute atomic E-state index is 0.286. The Morgan fingerprint density at radius 3 is 2.52 bits per heavy atom. The van der Waals surface area contributed by atoms with Gasteiger partial charge in [0.2, 0.25) is 0 Å². The predicted octanol–water partition coefficient (Wildman–Crippen LogP) is 4.37. The van der Waals surface area contributed by atoms with Crippen LogP contribution in [0.2, 0.25) is 5.02 Å². The van der Waals surface area contributed by atoms with Gasteiger partial charge in [0, 0.05) is 13.0 Å². The zero-order valence-corrected chi connectivity index (χ0v) is 14.4. The molecule has 0 aliphatic heterocycles. The van der Waals surface area contributed by atoms with Gasteiger partial charge in [-0.15, -0.1) is 0 Å². The average molecular weight is 313 g/mol. The molecule has 1 atom stereocenters. The highest BCUT2D eigenvalue weighted by Gasteiger charge is 2.27. The lowest BCUT2D eigenvalue weighted by Crippen LogP contribution is -2.28. The van der Waals surface area contributed by atoms with E-state index in [1.807, 2.05) is 11.6 Å². The van der Waals surface area contributed by atoms with Gasteiger partial charge in [0.05, 0.1) is 22.5 Å². The summed E-state index contributed by atoms with van der Waals surface area (Å²) in [5, 5.41) is 15.8. The number of halogens is 1. The minimum Gasteiger partial charge on any atom is -0.392 e. The van der Waals surface area contributed by atoms with Crippen LogP contribution in [0.25, 0.3) is 0 Å². The lowest BCUT2D eigenvalue weighted by Gasteiger charge is -2.31. The summed E-state index contributed by atoms with van der Waals surface area (Å²) in [7, 11) is 0. The number of aliphatic hydroxyl groups is 1. The molecule has 1 unspecified atom stereocenters. The standard InChI is InChI=1S/C17H29ClN2O/c1-4-6-13-7-9-14(10-8-13)16(21)11-15-17(18)12(3)19-20(15)5-2/h13-14,16,21H,4-11H2,1-3H3. The van der Waals surface area contributed by atoms with Crippen molar-refractivity contribution >= 4 is 11.6 Å². The molecule has 3 nitrogen and oxygen atoms in total. The van der Waals surface area contributed by atoms with Crippen LogP contribution in [-0.2, 0) is 13.0 Å². The molecule has 4 heteroatoms. The second-order valence-corrected chi connectivity index (χ2v) is 6.88. The maximum Gasteiger partial charge on any atom is 0.0848 e. The van der Waals surface area contributed by atoms with E-state index in [4.69, 9.17) is 11.6 Å². The predicted molar refractivity (Wildman–Crippen MR) is 87.7 cm³/mol. The van der Waals surface area contributed by atoms with Gasteiger partial charge >= 0.3 is 0 Å². The summed E-state index contributed by atoms with van der Waals surface area (Å²) in [6, 6.07) is 0. The minimum atomic E-state index is -0.286. The van der Waals surface area contributed by atoms with Crippen LogP contribution in [0.5, 0.6) is 0 Å². The zero-order chi connectivity index (χ0) is 15.4. The molecular weight excluding hydrogens is 284 g/mol. The van der Waals surface area contributed by atoms with Crippen molar-refractivity contribution in [2.45, 2.75) is 78.4 Å². The second-order valence-electron chi connectivity index (χ2n) is 6.50. The van der Waals surface area contributed by atoms with Crippen molar-refractivity contribution < 1.29 is 5.11 Å². The molecule has 1 aliphatic rings. The Kier molecular flexibility index (Phi) is 6.12. The molecule has 2 rings (SSSR count). The Labute approximate surface area is 133 Å². The number of hydrogen-bond donors (Lipinski definition) is 1. The van der Waals surface area contributed by atoms with Gasteiger partial charge in [-0.05, 0) is 38.5 Å². The SMILES string of the molecule is CCCC1CCC(C(O)Cc2c(Cl)c(C)nn2CC)CC1. The van der Waals surface area contributed by atoms with Crippen molar-refractivity contribution in [2.75, 3.05) is 0 Å². The largest absolute Gasteiger partial charge is 0.392 e. The van der Waals surface area contributed by atoms with Gasteiger partial charge in [-0.1, -0.05) is 44.2 Å². The lowest BCUT2D eigenvalue weighted by atomic mass is 9.77. The molecule has 1 N–H and O–H groups in total. The summed E-state index contributed by atoms with van der Waals surface area (Å²) in [6.45, 7) is 7.06. The quantitative estimate of drug-likeness (QED) is 0.846. The fourth-order valence-electron chi connectivity index (χ4n) is 3.70. The number of aryl methyl sites for hydroxylation is 2. The van der Waals surface area contributed by atoms with Crippen LogP contribution in [-0.4, -0.2) is 21.0 Å². The fourth-order valence-corrected chi connectivity index (χ4v) is 3.91. The number of rotatable bonds is 6. The monoisotopic (exact) mass is 312 g/mol. The van der Waals surface area contributed by atoms with Gasteiger partial charge < -0.3 is 5.11 Å². The van der Waals surface area contributed by atoms with Crippen LogP contribution in [0.3, 0.4) is 0 Å². The molecule has 0 radical (unpaired) electrons. The summed E-state index contributed by atoms with van der Waals surface area (Å²) in [4.78, 5) is 0. The summed E-state index contributed by atoms with van der Waals surface area (Å²) < 4.78 is 1.93. The first-order valence-corrected chi connectivity index (χ1v) is 8.84. The molecule has 1 aromatic rings. The van der Waals surface area contributed by atoms with E-state index >= 15 is 0 Å². The molecule has 1 aliphatic carbocycles. The molecule has 1 saturated carbocycles. The molecule has 1 fully saturated rings. The molecule has 0 bridgehead atoms. The van der Waals surface area contributed by atoms with E-state index in [1.54, 1.807) is 0 Å². The Morgan fingerprint density at radius 2 is 1.95 bits per heavy atom. The van der Waals surface area contributed by atoms with Crippen molar-refractivity contribution in [3.8, 4) is 0 Å². The molecule has 0 amide bonds. The van der Waals surface area contributed by atoms with Crippen LogP contribution < -0.4 is 0 Å². The van der Waals surface area contributed by atoms with E-state index in [0.717, 1.165) is 41.7 Å². The summed E-state index contributed by atoms with van der Waals surface area (Å²) in [6.07, 6.45) is 7.83. The lowest BCUT2D eigenvalue weighted by molar-refractivity contribution is 0.0712. The van der Waals surface area contributed by atoms with Gasteiger partial charge in [-0.3, -0.25) is 4.68 Å². The van der Waals surface area contributed by atoms with Crippen LogP contribution in [0, 0.1) is 18.8 Å². The molecule has 0 saturated heterocycles. The van der Waals surface area contributed by atoms with Gasteiger partial charge in [0.1, 0.15) is 0 Å². The normalized spacial score (nSPS) is 24.2. The highest BCUT2D eigenvalue weighted by atomic mass is 35.5. The van der Waals surface area contributed by atoms with Crippen LogP contribution in [0.4, 0.5) is 0 Å². The molecule has 1 heterocycles. The third-order valence-electron chi connectivity index (χ3n) is 4.99.